The largest absolute Gasteiger partial charge is 0.472 e. The molecule has 0 spiro atoms. The fourth-order valence-electron chi connectivity index (χ4n) is 11.7. The summed E-state index contributed by atoms with van der Waals surface area (Å²) in [5.41, 5.74) is 0. The van der Waals surface area contributed by atoms with Crippen molar-refractivity contribution in [2.24, 2.45) is 11.8 Å². The summed E-state index contributed by atoms with van der Waals surface area (Å²) < 4.78 is 68.4. The minimum atomic E-state index is -4.96. The molecule has 5 atom stereocenters. The summed E-state index contributed by atoms with van der Waals surface area (Å²) >= 11 is 0. The molecule has 0 aromatic heterocycles. The van der Waals surface area contributed by atoms with Crippen molar-refractivity contribution < 1.29 is 80.2 Å². The Kier molecular flexibility index (Phi) is 66.5. The number of hydrogen-bond donors (Lipinski definition) is 3. The van der Waals surface area contributed by atoms with E-state index in [-0.39, 0.29) is 25.7 Å². The minimum absolute atomic E-state index is 0.105. The Labute approximate surface area is 581 Å². The van der Waals surface area contributed by atoms with Crippen LogP contribution in [0.3, 0.4) is 0 Å². The fraction of sp³-hybridized carbons (Fsp3) is 0.947. The van der Waals surface area contributed by atoms with Crippen LogP contribution in [0.2, 0.25) is 0 Å². The van der Waals surface area contributed by atoms with Crippen LogP contribution >= 0.6 is 15.6 Å². The predicted octanol–water partition coefficient (Wildman–Crippen LogP) is 22.3. The average molecular weight is 1400 g/mol. The van der Waals surface area contributed by atoms with E-state index in [1.54, 1.807) is 0 Å². The summed E-state index contributed by atoms with van der Waals surface area (Å²) in [5.74, 6) is -0.585. The molecule has 0 aromatic carbocycles. The van der Waals surface area contributed by atoms with Gasteiger partial charge in [-0.25, -0.2) is 9.13 Å². The van der Waals surface area contributed by atoms with E-state index in [4.69, 9.17) is 37.0 Å². The molecule has 0 saturated carbocycles. The van der Waals surface area contributed by atoms with Crippen LogP contribution < -0.4 is 0 Å². The van der Waals surface area contributed by atoms with Crippen molar-refractivity contribution >= 4 is 39.5 Å². The van der Waals surface area contributed by atoms with Gasteiger partial charge in [-0.15, -0.1) is 0 Å². The second kappa shape index (κ2) is 67.9. The van der Waals surface area contributed by atoms with Gasteiger partial charge in [0.15, 0.2) is 12.2 Å². The topological polar surface area (TPSA) is 237 Å². The van der Waals surface area contributed by atoms with Crippen LogP contribution in [0.15, 0.2) is 0 Å². The van der Waals surface area contributed by atoms with Crippen LogP contribution in [0, 0.1) is 11.8 Å². The van der Waals surface area contributed by atoms with E-state index >= 15 is 0 Å². The average Bonchev–Trinajstić information content (AvgIpc) is 1.31. The lowest BCUT2D eigenvalue weighted by atomic mass is 10.0. The number of aliphatic hydroxyl groups is 1. The van der Waals surface area contributed by atoms with Crippen LogP contribution in [0.4, 0.5) is 0 Å². The number of phosphoric ester groups is 2. The quantitative estimate of drug-likeness (QED) is 0.0222. The van der Waals surface area contributed by atoms with Crippen molar-refractivity contribution in [3.05, 3.63) is 0 Å². The number of rotatable bonds is 75. The number of carbonyl (C=O) groups excluding carboxylic acids is 4. The zero-order valence-electron chi connectivity index (χ0n) is 62.0. The smallest absolute Gasteiger partial charge is 0.462 e. The summed E-state index contributed by atoms with van der Waals surface area (Å²) in [6.45, 7) is 9.55. The van der Waals surface area contributed by atoms with Crippen LogP contribution in [-0.4, -0.2) is 96.7 Å². The van der Waals surface area contributed by atoms with Crippen LogP contribution in [0.25, 0.3) is 0 Å². The molecule has 0 aliphatic rings. The molecule has 3 N–H and O–H groups in total. The van der Waals surface area contributed by atoms with Gasteiger partial charge in [-0.2, -0.15) is 0 Å². The first-order chi connectivity index (χ1) is 45.9. The molecule has 0 aliphatic heterocycles. The lowest BCUT2D eigenvalue weighted by Crippen LogP contribution is -2.30. The molecule has 0 aliphatic carbocycles. The van der Waals surface area contributed by atoms with Crippen molar-refractivity contribution in [3.8, 4) is 0 Å². The van der Waals surface area contributed by atoms with Gasteiger partial charge < -0.3 is 33.8 Å². The molecule has 17 nitrogen and oxygen atoms in total. The Hall–Kier alpha value is -1.94. The SMILES string of the molecule is CCCCCCCCCCCCCCCCCCCCCC(=O)O[C@H](COC(=O)CCCCCCCCCCCCCCCCC(C)C)COP(=O)(O)OC[C@@H](O)COP(=O)(O)OC[C@@H](COC(=O)CCCCCCCCC)OC(=O)CCCCCCCCCCCC(C)C. The molecule has 0 fully saturated rings. The zero-order valence-corrected chi connectivity index (χ0v) is 63.8. The summed E-state index contributed by atoms with van der Waals surface area (Å²) in [4.78, 5) is 72.7. The van der Waals surface area contributed by atoms with E-state index in [0.29, 0.717) is 25.7 Å². The molecule has 2 unspecified atom stereocenters. The van der Waals surface area contributed by atoms with Gasteiger partial charge in [0.25, 0.3) is 0 Å². The number of aliphatic hydroxyl groups excluding tert-OH is 1. The highest BCUT2D eigenvalue weighted by Gasteiger charge is 2.30. The molecule has 0 heterocycles. The normalized spacial score (nSPS) is 14.0. The highest BCUT2D eigenvalue weighted by molar-refractivity contribution is 7.47. The van der Waals surface area contributed by atoms with Gasteiger partial charge in [0.1, 0.15) is 19.3 Å². The van der Waals surface area contributed by atoms with Gasteiger partial charge in [-0.1, -0.05) is 343 Å². The van der Waals surface area contributed by atoms with Crippen LogP contribution in [-0.2, 0) is 65.4 Å². The van der Waals surface area contributed by atoms with Gasteiger partial charge in [0.2, 0.25) is 0 Å². The van der Waals surface area contributed by atoms with Gasteiger partial charge in [-0.3, -0.25) is 37.3 Å². The third-order valence-corrected chi connectivity index (χ3v) is 19.6. The minimum Gasteiger partial charge on any atom is -0.462 e. The highest BCUT2D eigenvalue weighted by atomic mass is 31.2. The number of ether oxygens (including phenoxy) is 4. The van der Waals surface area contributed by atoms with Crippen molar-refractivity contribution in [2.75, 3.05) is 39.6 Å². The van der Waals surface area contributed by atoms with Crippen LogP contribution in [0.5, 0.6) is 0 Å². The zero-order chi connectivity index (χ0) is 70.0. The molecule has 0 aromatic rings. The number of phosphoric acid groups is 2. The number of unbranched alkanes of at least 4 members (excludes halogenated alkanes) is 45. The predicted molar refractivity (Wildman–Crippen MR) is 386 cm³/mol. The van der Waals surface area contributed by atoms with E-state index in [1.165, 1.54) is 199 Å². The van der Waals surface area contributed by atoms with Crippen molar-refractivity contribution in [2.45, 2.75) is 413 Å². The van der Waals surface area contributed by atoms with E-state index in [2.05, 4.69) is 41.5 Å². The Morgan fingerprint density at radius 2 is 0.484 bits per heavy atom. The molecule has 19 heteroatoms. The first-order valence-corrected chi connectivity index (χ1v) is 42.5. The summed E-state index contributed by atoms with van der Waals surface area (Å²) in [5, 5.41) is 10.6. The molecular formula is C76H148O17P2. The van der Waals surface area contributed by atoms with E-state index in [9.17, 15) is 43.2 Å². The Balaban J connectivity index is 5.18. The molecule has 0 bridgehead atoms. The number of esters is 4. The van der Waals surface area contributed by atoms with Crippen molar-refractivity contribution in [1.82, 2.24) is 0 Å². The lowest BCUT2D eigenvalue weighted by Gasteiger charge is -2.21. The molecule has 0 saturated heterocycles. The third kappa shape index (κ3) is 70.3. The Morgan fingerprint density at radius 1 is 0.284 bits per heavy atom. The van der Waals surface area contributed by atoms with Gasteiger partial charge >= 0.3 is 39.5 Å². The molecule has 0 rings (SSSR count). The van der Waals surface area contributed by atoms with Crippen molar-refractivity contribution in [3.63, 3.8) is 0 Å². The van der Waals surface area contributed by atoms with E-state index in [1.807, 2.05) is 0 Å². The maximum atomic E-state index is 13.1. The molecular weight excluding hydrogens is 1250 g/mol. The monoisotopic (exact) mass is 1400 g/mol. The second-order valence-electron chi connectivity index (χ2n) is 28.3. The summed E-state index contributed by atoms with van der Waals surface area (Å²) in [6.07, 6.45) is 55.7. The summed E-state index contributed by atoms with van der Waals surface area (Å²) in [7, 11) is -9.91. The molecule has 0 radical (unpaired) electrons. The standard InChI is InChI=1S/C76H148O17P2/c1-7-9-11-13-15-16-17-18-19-20-21-22-23-28-31-36-42-48-54-60-75(80)93-72(65-87-74(79)59-53-47-41-35-30-27-25-24-26-29-33-39-44-50-56-68(3)4)67-91-95(84,85)89-63-70(77)62-88-94(82,83)90-66-71(64-86-73(78)58-52-46-38-14-12-10-8-2)92-76(81)61-55-49-43-37-32-34-40-45-51-57-69(5)6/h68-72,77H,7-67H2,1-6H3,(H,82,83)(H,84,85)/t70-,71+,72+/m0/s1. The first-order valence-electron chi connectivity index (χ1n) is 39.5. The Morgan fingerprint density at radius 3 is 0.716 bits per heavy atom. The Bertz CT molecular complexity index is 1840. The molecule has 0 amide bonds. The lowest BCUT2D eigenvalue weighted by molar-refractivity contribution is -0.161. The maximum Gasteiger partial charge on any atom is 0.472 e. The van der Waals surface area contributed by atoms with E-state index < -0.39 is 97.5 Å². The fourth-order valence-corrected chi connectivity index (χ4v) is 13.2. The van der Waals surface area contributed by atoms with Gasteiger partial charge in [0.05, 0.1) is 26.4 Å². The number of hydrogen-bond acceptors (Lipinski definition) is 15. The van der Waals surface area contributed by atoms with Crippen LogP contribution in [0.1, 0.15) is 395 Å². The first kappa shape index (κ1) is 93.1. The third-order valence-electron chi connectivity index (χ3n) is 17.7. The van der Waals surface area contributed by atoms with Gasteiger partial charge in [0, 0.05) is 25.7 Å². The van der Waals surface area contributed by atoms with Crippen molar-refractivity contribution in [1.29, 1.82) is 0 Å². The second-order valence-corrected chi connectivity index (χ2v) is 31.3. The highest BCUT2D eigenvalue weighted by Crippen LogP contribution is 2.45. The number of carbonyl (C=O) groups is 4. The summed E-state index contributed by atoms with van der Waals surface area (Å²) in [6, 6.07) is 0. The molecule has 564 valence electrons. The van der Waals surface area contributed by atoms with E-state index in [0.717, 1.165) is 115 Å². The maximum absolute atomic E-state index is 13.1. The molecule has 95 heavy (non-hydrogen) atoms. The van der Waals surface area contributed by atoms with Gasteiger partial charge in [-0.05, 0) is 37.5 Å².